The summed E-state index contributed by atoms with van der Waals surface area (Å²) in [5.41, 5.74) is 6.06. The summed E-state index contributed by atoms with van der Waals surface area (Å²) >= 11 is 0. The normalized spacial score (nSPS) is 14.0. The predicted octanol–water partition coefficient (Wildman–Crippen LogP) is 3.46. The predicted molar refractivity (Wildman–Crippen MR) is 87.4 cm³/mol. The molecule has 2 heteroatoms. The van der Waals surface area contributed by atoms with Crippen molar-refractivity contribution in [3.63, 3.8) is 0 Å². The third-order valence-electron chi connectivity index (χ3n) is 3.88. The molecule has 106 valence electrons. The van der Waals surface area contributed by atoms with Gasteiger partial charge in [-0.1, -0.05) is 54.3 Å². The molecule has 0 saturated heterocycles. The van der Waals surface area contributed by atoms with E-state index in [0.29, 0.717) is 27.8 Å². The highest BCUT2D eigenvalue weighted by molar-refractivity contribution is 6.29. The molecule has 0 bridgehead atoms. The summed E-state index contributed by atoms with van der Waals surface area (Å²) in [6.45, 7) is 0. The van der Waals surface area contributed by atoms with Crippen LogP contribution in [0.25, 0.3) is 0 Å². The average molecular weight is 294 g/mol. The Bertz CT molecular complexity index is 1030. The van der Waals surface area contributed by atoms with Crippen LogP contribution in [0.1, 0.15) is 37.4 Å². The van der Waals surface area contributed by atoms with Gasteiger partial charge in [0.05, 0.1) is 5.57 Å². The number of allylic oxidation sites excluding steroid dienone is 3. The van der Waals surface area contributed by atoms with Crippen molar-refractivity contribution in [3.05, 3.63) is 99.8 Å². The van der Waals surface area contributed by atoms with Crippen LogP contribution < -0.4 is 0 Å². The Morgan fingerprint density at radius 2 is 1.52 bits per heavy atom. The number of ketones is 2. The molecular weight excluding hydrogens is 284 g/mol. The van der Waals surface area contributed by atoms with Gasteiger partial charge in [-0.25, -0.2) is 0 Å². The van der Waals surface area contributed by atoms with Gasteiger partial charge in [0.15, 0.2) is 11.6 Å². The van der Waals surface area contributed by atoms with Gasteiger partial charge in [-0.05, 0) is 18.2 Å². The van der Waals surface area contributed by atoms with Crippen LogP contribution in [0.4, 0.5) is 0 Å². The van der Waals surface area contributed by atoms with Crippen molar-refractivity contribution in [3.8, 4) is 11.8 Å². The first-order valence-electron chi connectivity index (χ1n) is 7.22. The number of benzene rings is 2. The van der Waals surface area contributed by atoms with Crippen molar-refractivity contribution in [2.75, 3.05) is 0 Å². The lowest BCUT2D eigenvalue weighted by Gasteiger charge is -2.18. The van der Waals surface area contributed by atoms with Crippen LogP contribution >= 0.6 is 0 Å². The Morgan fingerprint density at radius 3 is 2.26 bits per heavy atom. The SMILES string of the molecule is O=C1c2ccccc2C(=O)c2c(C#CC3=C=CC=C3)cccc21. The van der Waals surface area contributed by atoms with Crippen LogP contribution in [0.2, 0.25) is 0 Å². The van der Waals surface area contributed by atoms with E-state index in [1.54, 1.807) is 48.5 Å². The van der Waals surface area contributed by atoms with Crippen molar-refractivity contribution in [1.82, 2.24) is 0 Å². The molecule has 2 aliphatic carbocycles. The van der Waals surface area contributed by atoms with Gasteiger partial charge in [0.25, 0.3) is 0 Å². The fraction of sp³-hybridized carbons (Fsp3) is 0. The maximum absolute atomic E-state index is 12.8. The van der Waals surface area contributed by atoms with Crippen LogP contribution in [0, 0.1) is 11.8 Å². The maximum Gasteiger partial charge on any atom is 0.195 e. The van der Waals surface area contributed by atoms with E-state index in [9.17, 15) is 9.59 Å². The van der Waals surface area contributed by atoms with Crippen LogP contribution in [-0.4, -0.2) is 11.6 Å². The molecule has 2 aliphatic rings. The molecule has 0 fully saturated rings. The lowest BCUT2D eigenvalue weighted by Crippen LogP contribution is -2.21. The Labute approximate surface area is 133 Å². The molecule has 0 heterocycles. The monoisotopic (exact) mass is 294 g/mol. The average Bonchev–Trinajstić information content (AvgIpc) is 3.11. The molecule has 2 aromatic rings. The highest BCUT2D eigenvalue weighted by Crippen LogP contribution is 2.29. The number of hydrogen-bond acceptors (Lipinski definition) is 2. The highest BCUT2D eigenvalue weighted by atomic mass is 16.1. The van der Waals surface area contributed by atoms with E-state index in [1.165, 1.54) is 0 Å². The molecule has 0 radical (unpaired) electrons. The summed E-state index contributed by atoms with van der Waals surface area (Å²) in [5.74, 6) is 5.71. The minimum atomic E-state index is -0.147. The molecule has 0 spiro atoms. The van der Waals surface area contributed by atoms with E-state index in [-0.39, 0.29) is 11.6 Å². The molecule has 23 heavy (non-hydrogen) atoms. The second-order valence-electron chi connectivity index (χ2n) is 5.27. The molecule has 0 aromatic heterocycles. The Morgan fingerprint density at radius 1 is 0.783 bits per heavy atom. The maximum atomic E-state index is 12.8. The molecule has 2 aromatic carbocycles. The van der Waals surface area contributed by atoms with Gasteiger partial charge in [-0.15, -0.1) is 5.73 Å². The van der Waals surface area contributed by atoms with E-state index in [2.05, 4.69) is 17.6 Å². The first-order chi connectivity index (χ1) is 11.3. The summed E-state index contributed by atoms with van der Waals surface area (Å²) in [4.78, 5) is 25.4. The van der Waals surface area contributed by atoms with E-state index < -0.39 is 0 Å². The van der Waals surface area contributed by atoms with Crippen LogP contribution in [-0.2, 0) is 0 Å². The lowest BCUT2D eigenvalue weighted by molar-refractivity contribution is 0.0979. The fourth-order valence-electron chi connectivity index (χ4n) is 2.79. The summed E-state index contributed by atoms with van der Waals surface area (Å²) in [6, 6.07) is 12.1. The molecule has 0 unspecified atom stereocenters. The first-order valence-corrected chi connectivity index (χ1v) is 7.22. The molecule has 2 nitrogen and oxygen atoms in total. The molecule has 0 N–H and O–H groups in total. The van der Waals surface area contributed by atoms with E-state index in [4.69, 9.17) is 0 Å². The number of hydrogen-bond donors (Lipinski definition) is 0. The van der Waals surface area contributed by atoms with Crippen molar-refractivity contribution < 1.29 is 9.59 Å². The quantitative estimate of drug-likeness (QED) is 0.470. The Kier molecular flexibility index (Phi) is 2.95. The highest BCUT2D eigenvalue weighted by Gasteiger charge is 2.30. The summed E-state index contributed by atoms with van der Waals surface area (Å²) in [7, 11) is 0. The van der Waals surface area contributed by atoms with Gasteiger partial charge in [0, 0.05) is 27.8 Å². The van der Waals surface area contributed by atoms with Gasteiger partial charge in [-0.3, -0.25) is 9.59 Å². The minimum Gasteiger partial charge on any atom is -0.289 e. The lowest BCUT2D eigenvalue weighted by atomic mass is 9.82. The number of rotatable bonds is 0. The molecule has 0 saturated carbocycles. The summed E-state index contributed by atoms with van der Waals surface area (Å²) in [5, 5.41) is 0. The van der Waals surface area contributed by atoms with E-state index in [0.717, 1.165) is 5.57 Å². The largest absolute Gasteiger partial charge is 0.289 e. The molecular formula is C21H10O2. The molecule has 0 amide bonds. The second kappa shape index (κ2) is 5.10. The summed E-state index contributed by atoms with van der Waals surface area (Å²) < 4.78 is 0. The zero-order valence-electron chi connectivity index (χ0n) is 12.1. The van der Waals surface area contributed by atoms with Crippen molar-refractivity contribution in [2.45, 2.75) is 0 Å². The second-order valence-corrected chi connectivity index (χ2v) is 5.27. The van der Waals surface area contributed by atoms with Crippen LogP contribution in [0.15, 0.2) is 72.0 Å². The first kappa shape index (κ1) is 13.3. The smallest absolute Gasteiger partial charge is 0.195 e. The third-order valence-corrected chi connectivity index (χ3v) is 3.88. The molecule has 0 aliphatic heterocycles. The fourth-order valence-corrected chi connectivity index (χ4v) is 2.79. The topological polar surface area (TPSA) is 34.1 Å². The third kappa shape index (κ3) is 2.08. The summed E-state index contributed by atoms with van der Waals surface area (Å²) in [6.07, 6.45) is 5.50. The van der Waals surface area contributed by atoms with Crippen LogP contribution in [0.5, 0.6) is 0 Å². The molecule has 4 rings (SSSR count). The van der Waals surface area contributed by atoms with Gasteiger partial charge < -0.3 is 0 Å². The van der Waals surface area contributed by atoms with Gasteiger partial charge in [0.2, 0.25) is 0 Å². The zero-order chi connectivity index (χ0) is 15.8. The van der Waals surface area contributed by atoms with Gasteiger partial charge in [0.1, 0.15) is 0 Å². The Balaban J connectivity index is 1.90. The minimum absolute atomic E-state index is 0.126. The van der Waals surface area contributed by atoms with Crippen molar-refractivity contribution >= 4 is 11.6 Å². The van der Waals surface area contributed by atoms with Gasteiger partial charge in [-0.2, -0.15) is 0 Å². The zero-order valence-corrected chi connectivity index (χ0v) is 12.1. The van der Waals surface area contributed by atoms with E-state index >= 15 is 0 Å². The Hall–Kier alpha value is -3.40. The van der Waals surface area contributed by atoms with Crippen molar-refractivity contribution in [1.29, 1.82) is 0 Å². The standard InChI is InChI=1S/C21H10O2/c22-20-16-9-3-4-10-17(16)21(23)19-15(8-5-11-18(19)20)13-12-14-6-1-2-7-14/h1-6,8-11H. The van der Waals surface area contributed by atoms with Crippen molar-refractivity contribution in [2.24, 2.45) is 0 Å². The van der Waals surface area contributed by atoms with Crippen LogP contribution in [0.3, 0.4) is 0 Å². The van der Waals surface area contributed by atoms with Gasteiger partial charge >= 0.3 is 0 Å². The number of fused-ring (bicyclic) bond motifs is 2. The number of carbonyl (C=O) groups is 2. The number of carbonyl (C=O) groups excluding carboxylic acids is 2. The molecule has 0 atom stereocenters. The van der Waals surface area contributed by atoms with E-state index in [1.807, 2.05) is 12.2 Å².